The van der Waals surface area contributed by atoms with Gasteiger partial charge in [0.15, 0.2) is 0 Å². The second kappa shape index (κ2) is 8.37. The summed E-state index contributed by atoms with van der Waals surface area (Å²) in [5, 5.41) is 21.0. The van der Waals surface area contributed by atoms with Crippen molar-refractivity contribution in [3.63, 3.8) is 0 Å². The number of phenols is 1. The zero-order valence-corrected chi connectivity index (χ0v) is 18.2. The highest BCUT2D eigenvalue weighted by Gasteiger charge is 2.29. The minimum atomic E-state index is -1.01. The van der Waals surface area contributed by atoms with Gasteiger partial charge in [0.1, 0.15) is 11.6 Å². The van der Waals surface area contributed by atoms with E-state index in [0.29, 0.717) is 24.3 Å². The average molecular weight is 445 g/mol. The molecule has 5 rings (SSSR count). The Morgan fingerprint density at radius 3 is 2.55 bits per heavy atom. The van der Waals surface area contributed by atoms with Gasteiger partial charge in [-0.3, -0.25) is 0 Å². The zero-order valence-electron chi connectivity index (χ0n) is 18.2. The van der Waals surface area contributed by atoms with Crippen LogP contribution in [0.15, 0.2) is 60.7 Å². The molecule has 2 N–H and O–H groups in total. The van der Waals surface area contributed by atoms with E-state index in [1.807, 2.05) is 18.2 Å². The molecule has 3 aromatic carbocycles. The van der Waals surface area contributed by atoms with Gasteiger partial charge in [-0.2, -0.15) is 0 Å². The molecule has 0 saturated carbocycles. The van der Waals surface area contributed by atoms with Crippen LogP contribution in [0.4, 0.5) is 4.39 Å². The molecule has 2 heterocycles. The fourth-order valence-corrected chi connectivity index (χ4v) is 4.87. The maximum Gasteiger partial charge on any atom is 0.336 e. The summed E-state index contributed by atoms with van der Waals surface area (Å²) >= 11 is 0. The number of benzene rings is 3. The van der Waals surface area contributed by atoms with Crippen LogP contribution in [0.1, 0.15) is 40.4 Å². The molecule has 1 aliphatic rings. The third-order valence-electron chi connectivity index (χ3n) is 6.42. The first kappa shape index (κ1) is 21.2. The zero-order chi connectivity index (χ0) is 23.1. The topological polar surface area (TPSA) is 71.7 Å². The molecule has 0 amide bonds. The van der Waals surface area contributed by atoms with Gasteiger partial charge < -0.3 is 19.5 Å². The van der Waals surface area contributed by atoms with Gasteiger partial charge in [-0.1, -0.05) is 18.2 Å². The van der Waals surface area contributed by atoms with Crippen molar-refractivity contribution >= 4 is 16.9 Å². The van der Waals surface area contributed by atoms with Crippen LogP contribution < -0.4 is 0 Å². The van der Waals surface area contributed by atoms with Gasteiger partial charge in [0.05, 0.1) is 11.1 Å². The van der Waals surface area contributed by atoms with E-state index in [-0.39, 0.29) is 23.0 Å². The molecular formula is C27H24FNO4. The molecule has 33 heavy (non-hydrogen) atoms. The molecule has 1 aromatic heterocycles. The summed E-state index contributed by atoms with van der Waals surface area (Å²) in [7, 11) is 0. The number of carboxylic acids is 1. The van der Waals surface area contributed by atoms with Gasteiger partial charge in [0, 0.05) is 41.5 Å². The summed E-state index contributed by atoms with van der Waals surface area (Å²) in [6.45, 7) is 2.95. The lowest BCUT2D eigenvalue weighted by molar-refractivity contribution is 0.0697. The van der Waals surface area contributed by atoms with Gasteiger partial charge in [-0.15, -0.1) is 0 Å². The summed E-state index contributed by atoms with van der Waals surface area (Å²) in [6, 6.07) is 17.1. The number of halogens is 1. The molecular weight excluding hydrogens is 421 g/mol. The number of phenolic OH excluding ortho intramolecular Hbond substituents is 1. The van der Waals surface area contributed by atoms with E-state index < -0.39 is 5.97 Å². The van der Waals surface area contributed by atoms with Crippen LogP contribution in [0.25, 0.3) is 27.7 Å². The Morgan fingerprint density at radius 1 is 1.06 bits per heavy atom. The molecule has 1 saturated heterocycles. The van der Waals surface area contributed by atoms with E-state index in [4.69, 9.17) is 4.74 Å². The Hall–Kier alpha value is -3.64. The molecule has 0 bridgehead atoms. The third kappa shape index (κ3) is 3.66. The van der Waals surface area contributed by atoms with Crippen LogP contribution >= 0.6 is 0 Å². The van der Waals surface area contributed by atoms with E-state index in [1.165, 1.54) is 6.07 Å². The lowest BCUT2D eigenvalue weighted by Gasteiger charge is -2.26. The number of carbonyl (C=O) groups is 1. The molecule has 0 spiro atoms. The number of rotatable bonds is 4. The van der Waals surface area contributed by atoms with Crippen molar-refractivity contribution < 1.29 is 24.1 Å². The van der Waals surface area contributed by atoms with E-state index in [1.54, 1.807) is 43.3 Å². The molecule has 4 aromatic rings. The third-order valence-corrected chi connectivity index (χ3v) is 6.42. The summed E-state index contributed by atoms with van der Waals surface area (Å²) in [6.07, 6.45) is 1.56. The van der Waals surface area contributed by atoms with Gasteiger partial charge in [0.2, 0.25) is 0 Å². The Morgan fingerprint density at radius 2 is 1.82 bits per heavy atom. The Bertz CT molecular complexity index is 1370. The highest BCUT2D eigenvalue weighted by molar-refractivity contribution is 6.06. The van der Waals surface area contributed by atoms with Crippen molar-refractivity contribution in [1.29, 1.82) is 0 Å². The van der Waals surface area contributed by atoms with Crippen LogP contribution in [-0.2, 0) is 4.74 Å². The second-order valence-corrected chi connectivity index (χ2v) is 8.47. The van der Waals surface area contributed by atoms with Crippen LogP contribution in [0.3, 0.4) is 0 Å². The smallest absolute Gasteiger partial charge is 0.336 e. The average Bonchev–Trinajstić information content (AvgIpc) is 3.15. The van der Waals surface area contributed by atoms with Crippen molar-refractivity contribution in [3.05, 3.63) is 83.3 Å². The highest BCUT2D eigenvalue weighted by Crippen LogP contribution is 2.45. The van der Waals surface area contributed by atoms with E-state index in [2.05, 4.69) is 4.57 Å². The lowest BCUT2D eigenvalue weighted by atomic mass is 9.88. The highest BCUT2D eigenvalue weighted by atomic mass is 19.1. The quantitative estimate of drug-likeness (QED) is 0.402. The van der Waals surface area contributed by atoms with Crippen LogP contribution in [0.2, 0.25) is 0 Å². The standard InChI is InChI=1S/C27H24FNO4/c1-16-14-18(6-8-23(16)28)29-24-9-7-19(30)15-22(24)25(26(29)17-10-12-33-13-11-17)20-4-2-3-5-21(20)27(31)32/h2-9,14-15,17,30H,10-13H2,1H3,(H,31,32). The molecule has 0 atom stereocenters. The number of ether oxygens (including phenoxy) is 1. The van der Waals surface area contributed by atoms with Crippen molar-refractivity contribution in [2.75, 3.05) is 13.2 Å². The first-order valence-electron chi connectivity index (χ1n) is 11.0. The largest absolute Gasteiger partial charge is 0.508 e. The van der Waals surface area contributed by atoms with Gasteiger partial charge in [-0.25, -0.2) is 9.18 Å². The van der Waals surface area contributed by atoms with Crippen molar-refractivity contribution in [2.45, 2.75) is 25.7 Å². The number of aromatic carboxylic acids is 1. The van der Waals surface area contributed by atoms with Crippen molar-refractivity contribution in [1.82, 2.24) is 4.57 Å². The molecule has 5 nitrogen and oxygen atoms in total. The van der Waals surface area contributed by atoms with Crippen molar-refractivity contribution in [2.24, 2.45) is 0 Å². The number of hydrogen-bond acceptors (Lipinski definition) is 3. The van der Waals surface area contributed by atoms with E-state index in [0.717, 1.165) is 40.7 Å². The fraction of sp³-hybridized carbons (Fsp3) is 0.222. The predicted octanol–water partition coefficient (Wildman–Crippen LogP) is 6.04. The summed E-state index contributed by atoms with van der Waals surface area (Å²) in [5.41, 5.74) is 4.69. The first-order valence-corrected chi connectivity index (χ1v) is 11.0. The summed E-state index contributed by atoms with van der Waals surface area (Å²) in [4.78, 5) is 12.1. The van der Waals surface area contributed by atoms with Gasteiger partial charge >= 0.3 is 5.97 Å². The lowest BCUT2D eigenvalue weighted by Crippen LogP contribution is -2.18. The number of carboxylic acid groups (broad SMARTS) is 1. The minimum Gasteiger partial charge on any atom is -0.508 e. The number of aryl methyl sites for hydroxylation is 1. The number of fused-ring (bicyclic) bond motifs is 1. The molecule has 1 aliphatic heterocycles. The SMILES string of the molecule is Cc1cc(-n2c(C3CCOCC3)c(-c3ccccc3C(=O)O)c3cc(O)ccc32)ccc1F. The summed E-state index contributed by atoms with van der Waals surface area (Å²) < 4.78 is 21.8. The maximum absolute atomic E-state index is 14.1. The number of hydrogen-bond donors (Lipinski definition) is 2. The molecule has 0 unspecified atom stereocenters. The number of aromatic nitrogens is 1. The Balaban J connectivity index is 1.93. The monoisotopic (exact) mass is 445 g/mol. The normalized spacial score (nSPS) is 14.6. The summed E-state index contributed by atoms with van der Waals surface area (Å²) in [5.74, 6) is -1.09. The van der Waals surface area contributed by atoms with Crippen LogP contribution in [0.5, 0.6) is 5.75 Å². The number of nitrogens with zero attached hydrogens (tertiary/aromatic N) is 1. The van der Waals surface area contributed by atoms with Gasteiger partial charge in [-0.05, 0) is 73.4 Å². The maximum atomic E-state index is 14.1. The predicted molar refractivity (Wildman–Crippen MR) is 125 cm³/mol. The van der Waals surface area contributed by atoms with Gasteiger partial charge in [0.25, 0.3) is 0 Å². The molecule has 6 heteroatoms. The van der Waals surface area contributed by atoms with Crippen LogP contribution in [0, 0.1) is 12.7 Å². The molecule has 0 aliphatic carbocycles. The molecule has 0 radical (unpaired) electrons. The molecule has 168 valence electrons. The Kier molecular flexibility index (Phi) is 5.38. The fourth-order valence-electron chi connectivity index (χ4n) is 4.87. The Labute approximate surface area is 190 Å². The van der Waals surface area contributed by atoms with E-state index in [9.17, 15) is 19.4 Å². The van der Waals surface area contributed by atoms with Crippen molar-refractivity contribution in [3.8, 4) is 22.6 Å². The first-order chi connectivity index (χ1) is 16.0. The molecule has 1 fully saturated rings. The second-order valence-electron chi connectivity index (χ2n) is 8.47. The number of aromatic hydroxyl groups is 1. The van der Waals surface area contributed by atoms with E-state index >= 15 is 0 Å². The van der Waals surface area contributed by atoms with Crippen LogP contribution in [-0.4, -0.2) is 34.0 Å². The minimum absolute atomic E-state index is 0.0996.